The van der Waals surface area contributed by atoms with Gasteiger partial charge in [0.2, 0.25) is 0 Å². The molecule has 27 heavy (non-hydrogen) atoms. The van der Waals surface area contributed by atoms with E-state index in [9.17, 15) is 9.59 Å². The summed E-state index contributed by atoms with van der Waals surface area (Å²) in [4.78, 5) is 25.0. The monoisotopic (exact) mass is 409 g/mol. The third-order valence-electron chi connectivity index (χ3n) is 3.86. The van der Waals surface area contributed by atoms with Crippen molar-refractivity contribution >= 4 is 46.3 Å². The van der Waals surface area contributed by atoms with E-state index in [0.717, 1.165) is 12.0 Å². The number of nitrogens with zero attached hydrogens (tertiary/aromatic N) is 1. The van der Waals surface area contributed by atoms with Crippen molar-refractivity contribution < 1.29 is 24.2 Å². The van der Waals surface area contributed by atoms with Crippen molar-refractivity contribution in [3.63, 3.8) is 0 Å². The highest BCUT2D eigenvalue weighted by atomic mass is 32.2. The zero-order valence-corrected chi connectivity index (χ0v) is 17.2. The van der Waals surface area contributed by atoms with Crippen LogP contribution in [0.2, 0.25) is 0 Å². The third kappa shape index (κ3) is 5.97. The number of aliphatic carboxylic acids is 1. The summed E-state index contributed by atoms with van der Waals surface area (Å²) in [6.07, 6.45) is 2.53. The number of hydrogen-bond donors (Lipinski definition) is 1. The second-order valence-electron chi connectivity index (χ2n) is 6.42. The third-order valence-corrected chi connectivity index (χ3v) is 5.24. The maximum absolute atomic E-state index is 12.5. The number of carbonyl (C=O) groups excluding carboxylic acids is 1. The molecule has 0 spiro atoms. The van der Waals surface area contributed by atoms with Crippen molar-refractivity contribution in [1.29, 1.82) is 0 Å². The van der Waals surface area contributed by atoms with Crippen LogP contribution in [0.25, 0.3) is 6.08 Å². The first-order valence-electron chi connectivity index (χ1n) is 8.59. The summed E-state index contributed by atoms with van der Waals surface area (Å²) < 4.78 is 11.5. The van der Waals surface area contributed by atoms with Crippen LogP contribution >= 0.6 is 24.0 Å². The first-order chi connectivity index (χ1) is 12.8. The minimum absolute atomic E-state index is 0.0727. The van der Waals surface area contributed by atoms with Crippen LogP contribution in [0, 0.1) is 5.92 Å². The van der Waals surface area contributed by atoms with Crippen molar-refractivity contribution in [3.8, 4) is 11.5 Å². The zero-order chi connectivity index (χ0) is 20.0. The number of carboxylic acid groups (broad SMARTS) is 1. The van der Waals surface area contributed by atoms with E-state index >= 15 is 0 Å². The average molecular weight is 410 g/mol. The molecule has 1 heterocycles. The van der Waals surface area contributed by atoms with Gasteiger partial charge in [0, 0.05) is 6.54 Å². The summed E-state index contributed by atoms with van der Waals surface area (Å²) >= 11 is 6.36. The van der Waals surface area contributed by atoms with Gasteiger partial charge in [0.1, 0.15) is 4.32 Å². The molecule has 2 rings (SSSR count). The Kier molecular flexibility index (Phi) is 7.67. The lowest BCUT2D eigenvalue weighted by molar-refractivity contribution is -0.137. The second kappa shape index (κ2) is 9.75. The molecule has 0 atom stereocenters. The van der Waals surface area contributed by atoms with Crippen LogP contribution in [0.1, 0.15) is 32.3 Å². The normalized spacial score (nSPS) is 15.7. The molecule has 6 nitrogen and oxygen atoms in total. The van der Waals surface area contributed by atoms with Crippen LogP contribution < -0.4 is 9.47 Å². The number of rotatable bonds is 9. The summed E-state index contributed by atoms with van der Waals surface area (Å²) in [6.45, 7) is 4.95. The molecule has 1 amide bonds. The van der Waals surface area contributed by atoms with E-state index in [2.05, 4.69) is 13.8 Å². The molecule has 1 fully saturated rings. The molecule has 1 aromatic rings. The molecular formula is C19H23NO5S2. The molecular weight excluding hydrogens is 386 g/mol. The van der Waals surface area contributed by atoms with E-state index in [-0.39, 0.29) is 18.9 Å². The minimum atomic E-state index is -0.967. The molecule has 1 aromatic carbocycles. The highest BCUT2D eigenvalue weighted by Gasteiger charge is 2.32. The average Bonchev–Trinajstić information content (AvgIpc) is 2.87. The Morgan fingerprint density at radius 3 is 2.74 bits per heavy atom. The predicted molar refractivity (Wildman–Crippen MR) is 110 cm³/mol. The number of ether oxygens (including phenoxy) is 2. The number of carbonyl (C=O) groups is 2. The lowest BCUT2D eigenvalue weighted by atomic mass is 10.1. The number of thioether (sulfide) groups is 1. The Morgan fingerprint density at radius 2 is 2.11 bits per heavy atom. The SMILES string of the molecule is COc1cc(/C=C2\SC(=S)N(CCC(=O)O)C2=O)ccc1OCCC(C)C. The van der Waals surface area contributed by atoms with Gasteiger partial charge in [-0.25, -0.2) is 0 Å². The topological polar surface area (TPSA) is 76.1 Å². The summed E-state index contributed by atoms with van der Waals surface area (Å²) in [6, 6.07) is 5.46. The van der Waals surface area contributed by atoms with Gasteiger partial charge in [0.25, 0.3) is 5.91 Å². The fraction of sp³-hybridized carbons (Fsp3) is 0.421. The van der Waals surface area contributed by atoms with Gasteiger partial charge < -0.3 is 14.6 Å². The van der Waals surface area contributed by atoms with E-state index in [4.69, 9.17) is 26.8 Å². The van der Waals surface area contributed by atoms with Crippen molar-refractivity contribution in [2.24, 2.45) is 5.92 Å². The molecule has 0 bridgehead atoms. The minimum Gasteiger partial charge on any atom is -0.493 e. The molecule has 0 aliphatic carbocycles. The van der Waals surface area contributed by atoms with E-state index in [1.165, 1.54) is 16.7 Å². The Labute approximate surface area is 168 Å². The molecule has 1 N–H and O–H groups in total. The Balaban J connectivity index is 2.12. The Hall–Kier alpha value is -2.06. The van der Waals surface area contributed by atoms with Crippen LogP contribution in [-0.2, 0) is 9.59 Å². The number of carboxylic acids is 1. The van der Waals surface area contributed by atoms with Gasteiger partial charge in [0.05, 0.1) is 25.0 Å². The largest absolute Gasteiger partial charge is 0.493 e. The second-order valence-corrected chi connectivity index (χ2v) is 8.09. The molecule has 0 unspecified atom stereocenters. The number of amides is 1. The molecule has 8 heteroatoms. The number of benzene rings is 1. The van der Waals surface area contributed by atoms with E-state index < -0.39 is 5.97 Å². The molecule has 0 saturated carbocycles. The van der Waals surface area contributed by atoms with Crippen molar-refractivity contribution in [2.75, 3.05) is 20.3 Å². The van der Waals surface area contributed by atoms with Crippen LogP contribution in [0.4, 0.5) is 0 Å². The number of hydrogen-bond acceptors (Lipinski definition) is 6. The fourth-order valence-corrected chi connectivity index (χ4v) is 3.66. The van der Waals surface area contributed by atoms with Gasteiger partial charge in [-0.15, -0.1) is 0 Å². The highest BCUT2D eigenvalue weighted by molar-refractivity contribution is 8.26. The van der Waals surface area contributed by atoms with E-state index in [0.29, 0.717) is 33.2 Å². The van der Waals surface area contributed by atoms with Crippen LogP contribution in [0.15, 0.2) is 23.1 Å². The first kappa shape index (κ1) is 21.2. The summed E-state index contributed by atoms with van der Waals surface area (Å²) in [5, 5.41) is 8.79. The summed E-state index contributed by atoms with van der Waals surface area (Å²) in [5.74, 6) is 0.560. The van der Waals surface area contributed by atoms with Crippen LogP contribution in [0.5, 0.6) is 11.5 Å². The molecule has 0 aromatic heterocycles. The van der Waals surface area contributed by atoms with Gasteiger partial charge in [-0.2, -0.15) is 0 Å². The zero-order valence-electron chi connectivity index (χ0n) is 15.6. The summed E-state index contributed by atoms with van der Waals surface area (Å²) in [7, 11) is 1.57. The lowest BCUT2D eigenvalue weighted by Crippen LogP contribution is -2.30. The Morgan fingerprint density at radius 1 is 1.37 bits per heavy atom. The smallest absolute Gasteiger partial charge is 0.305 e. The number of methoxy groups -OCH3 is 1. The molecule has 146 valence electrons. The van der Waals surface area contributed by atoms with E-state index in [1.54, 1.807) is 19.3 Å². The predicted octanol–water partition coefficient (Wildman–Crippen LogP) is 3.80. The molecule has 1 aliphatic rings. The van der Waals surface area contributed by atoms with Crippen molar-refractivity contribution in [1.82, 2.24) is 4.90 Å². The van der Waals surface area contributed by atoms with Gasteiger partial charge in [-0.3, -0.25) is 14.5 Å². The van der Waals surface area contributed by atoms with Crippen molar-refractivity contribution in [2.45, 2.75) is 26.7 Å². The highest BCUT2D eigenvalue weighted by Crippen LogP contribution is 2.34. The maximum Gasteiger partial charge on any atom is 0.305 e. The van der Waals surface area contributed by atoms with Gasteiger partial charge in [-0.1, -0.05) is 43.9 Å². The van der Waals surface area contributed by atoms with Gasteiger partial charge >= 0.3 is 5.97 Å². The number of thiocarbonyl (C=S) groups is 1. The quantitative estimate of drug-likeness (QED) is 0.491. The first-order valence-corrected chi connectivity index (χ1v) is 9.82. The van der Waals surface area contributed by atoms with E-state index in [1.807, 2.05) is 12.1 Å². The van der Waals surface area contributed by atoms with Gasteiger partial charge in [0.15, 0.2) is 11.5 Å². The molecule has 1 aliphatic heterocycles. The fourth-order valence-electron chi connectivity index (χ4n) is 2.35. The lowest BCUT2D eigenvalue weighted by Gasteiger charge is -2.13. The summed E-state index contributed by atoms with van der Waals surface area (Å²) in [5.41, 5.74) is 0.779. The standard InChI is InChI=1S/C19H23NO5S2/c1-12(2)7-9-25-14-5-4-13(10-15(14)24-3)11-16-18(23)20(19(26)27-16)8-6-17(21)22/h4-5,10-12H,6-9H2,1-3H3,(H,21,22)/b16-11-. The molecule has 1 saturated heterocycles. The van der Waals surface area contributed by atoms with Crippen molar-refractivity contribution in [3.05, 3.63) is 28.7 Å². The van der Waals surface area contributed by atoms with Crippen LogP contribution in [-0.4, -0.2) is 46.5 Å². The molecule has 0 radical (unpaired) electrons. The maximum atomic E-state index is 12.5. The van der Waals surface area contributed by atoms with Crippen LogP contribution in [0.3, 0.4) is 0 Å². The Bertz CT molecular complexity index is 760. The van der Waals surface area contributed by atoms with Gasteiger partial charge in [-0.05, 0) is 36.1 Å².